The average molecular weight is 336 g/mol. The van der Waals surface area contributed by atoms with Crippen LogP contribution in [0.2, 0.25) is 5.02 Å². The van der Waals surface area contributed by atoms with Gasteiger partial charge in [-0.1, -0.05) is 11.6 Å². The van der Waals surface area contributed by atoms with Crippen LogP contribution in [-0.2, 0) is 6.54 Å². The van der Waals surface area contributed by atoms with Crippen molar-refractivity contribution in [1.82, 2.24) is 20.1 Å². The van der Waals surface area contributed by atoms with E-state index in [0.29, 0.717) is 23.0 Å². The van der Waals surface area contributed by atoms with E-state index in [1.165, 1.54) is 6.42 Å². The molecule has 2 aromatic rings. The maximum atomic E-state index is 12.5. The van der Waals surface area contributed by atoms with Gasteiger partial charge in [-0.15, -0.1) is 0 Å². The molecule has 0 spiro atoms. The highest BCUT2D eigenvalue weighted by Crippen LogP contribution is 2.24. The molecule has 0 atom stereocenters. The number of H-pyrrole nitrogens is 2. The van der Waals surface area contributed by atoms with Crippen molar-refractivity contribution in [3.63, 3.8) is 0 Å². The lowest BCUT2D eigenvalue weighted by Gasteiger charge is -2.27. The summed E-state index contributed by atoms with van der Waals surface area (Å²) in [6.45, 7) is 1.94. The van der Waals surface area contributed by atoms with Crippen LogP contribution in [-0.4, -0.2) is 39.1 Å². The van der Waals surface area contributed by atoms with Gasteiger partial charge in [0.25, 0.3) is 5.91 Å². The summed E-state index contributed by atoms with van der Waals surface area (Å²) in [7, 11) is 0. The molecule has 1 aromatic carbocycles. The van der Waals surface area contributed by atoms with E-state index in [-0.39, 0.29) is 5.91 Å². The lowest BCUT2D eigenvalue weighted by Crippen LogP contribution is -2.35. The summed E-state index contributed by atoms with van der Waals surface area (Å²) >= 11 is 6.26. The standard InChI is InChI=1S/C15H18ClN5O2/c16-12-8-10(17-9-13-18-15(23)20-19-13)4-5-11(12)14(22)21-6-2-1-3-7-21/h4-5,8,17H,1-3,6-7,9H2,(H2,18,19,20,23). The number of rotatable bonds is 4. The maximum absolute atomic E-state index is 12.5. The Hall–Kier alpha value is -2.28. The number of hydrogen-bond acceptors (Lipinski definition) is 4. The third kappa shape index (κ3) is 3.73. The van der Waals surface area contributed by atoms with E-state index in [9.17, 15) is 9.59 Å². The van der Waals surface area contributed by atoms with Gasteiger partial charge in [-0.3, -0.25) is 9.89 Å². The van der Waals surface area contributed by atoms with Crippen LogP contribution < -0.4 is 11.0 Å². The summed E-state index contributed by atoms with van der Waals surface area (Å²) in [5.74, 6) is 0.484. The second-order valence-electron chi connectivity index (χ2n) is 5.51. The van der Waals surface area contributed by atoms with Crippen molar-refractivity contribution in [2.24, 2.45) is 0 Å². The number of amides is 1. The molecule has 122 valence electrons. The van der Waals surface area contributed by atoms with Gasteiger partial charge in [0.05, 0.1) is 17.1 Å². The first-order valence-electron chi connectivity index (χ1n) is 7.60. The molecular weight excluding hydrogens is 318 g/mol. The summed E-state index contributed by atoms with van der Waals surface area (Å²) in [5.41, 5.74) is 0.864. The maximum Gasteiger partial charge on any atom is 0.361 e. The summed E-state index contributed by atoms with van der Waals surface area (Å²) in [6, 6.07) is 5.24. The van der Waals surface area contributed by atoms with E-state index in [1.807, 2.05) is 4.90 Å². The van der Waals surface area contributed by atoms with Crippen molar-refractivity contribution in [3.05, 3.63) is 45.1 Å². The fraction of sp³-hybridized carbons (Fsp3) is 0.400. The first-order valence-corrected chi connectivity index (χ1v) is 7.97. The monoisotopic (exact) mass is 335 g/mol. The highest BCUT2D eigenvalue weighted by Gasteiger charge is 2.20. The van der Waals surface area contributed by atoms with Crippen LogP contribution in [0.15, 0.2) is 23.0 Å². The number of benzene rings is 1. The summed E-state index contributed by atoms with van der Waals surface area (Å²) < 4.78 is 0. The third-order valence-corrected chi connectivity index (χ3v) is 4.17. The SMILES string of the molecule is O=C(c1ccc(NCc2nc(=O)[nH][nH]2)cc1Cl)N1CCCCC1. The minimum atomic E-state index is -0.415. The zero-order chi connectivity index (χ0) is 16.2. The number of anilines is 1. The van der Waals surface area contributed by atoms with Crippen molar-refractivity contribution in [3.8, 4) is 0 Å². The molecule has 1 amide bonds. The molecule has 1 aromatic heterocycles. The Kier molecular flexibility index (Phi) is 4.66. The number of aromatic amines is 2. The molecule has 2 heterocycles. The molecule has 0 radical (unpaired) electrons. The van der Waals surface area contributed by atoms with Crippen molar-refractivity contribution in [2.45, 2.75) is 25.8 Å². The molecular formula is C15H18ClN5O2. The lowest BCUT2D eigenvalue weighted by molar-refractivity contribution is 0.0724. The molecule has 1 aliphatic rings. The topological polar surface area (TPSA) is 93.9 Å². The molecule has 7 nitrogen and oxygen atoms in total. The molecule has 3 N–H and O–H groups in total. The molecule has 1 fully saturated rings. The van der Waals surface area contributed by atoms with Gasteiger partial charge in [-0.2, -0.15) is 4.98 Å². The van der Waals surface area contributed by atoms with Gasteiger partial charge in [0.1, 0.15) is 5.82 Å². The molecule has 3 rings (SSSR count). The first-order chi connectivity index (χ1) is 11.1. The van der Waals surface area contributed by atoms with Gasteiger partial charge >= 0.3 is 5.69 Å². The van der Waals surface area contributed by atoms with Crippen molar-refractivity contribution in [1.29, 1.82) is 0 Å². The summed E-state index contributed by atoms with van der Waals surface area (Å²) in [4.78, 5) is 29.0. The van der Waals surface area contributed by atoms with Crippen molar-refractivity contribution in [2.75, 3.05) is 18.4 Å². The van der Waals surface area contributed by atoms with Gasteiger partial charge in [0.15, 0.2) is 0 Å². The first kappa shape index (κ1) is 15.6. The fourth-order valence-corrected chi connectivity index (χ4v) is 2.90. The van der Waals surface area contributed by atoms with Crippen molar-refractivity contribution >= 4 is 23.2 Å². The number of carbonyl (C=O) groups is 1. The molecule has 0 unspecified atom stereocenters. The number of nitrogens with one attached hydrogen (secondary N) is 3. The molecule has 1 aliphatic heterocycles. The van der Waals surface area contributed by atoms with Crippen LogP contribution in [0, 0.1) is 0 Å². The highest BCUT2D eigenvalue weighted by molar-refractivity contribution is 6.34. The van der Waals surface area contributed by atoms with Crippen LogP contribution >= 0.6 is 11.6 Å². The largest absolute Gasteiger partial charge is 0.378 e. The lowest BCUT2D eigenvalue weighted by atomic mass is 10.1. The van der Waals surface area contributed by atoms with Crippen LogP contribution in [0.25, 0.3) is 0 Å². The Labute approximate surface area is 138 Å². The number of carbonyl (C=O) groups excluding carboxylic acids is 1. The number of nitrogens with zero attached hydrogens (tertiary/aromatic N) is 2. The van der Waals surface area contributed by atoms with Crippen LogP contribution in [0.5, 0.6) is 0 Å². The highest BCUT2D eigenvalue weighted by atomic mass is 35.5. The number of piperidine rings is 1. The van der Waals surface area contributed by atoms with Crippen LogP contribution in [0.1, 0.15) is 35.4 Å². The fourth-order valence-electron chi connectivity index (χ4n) is 2.64. The van der Waals surface area contributed by atoms with E-state index in [4.69, 9.17) is 11.6 Å². The Morgan fingerprint density at radius 3 is 2.70 bits per heavy atom. The van der Waals surface area contributed by atoms with Crippen molar-refractivity contribution < 1.29 is 4.79 Å². The number of likely N-dealkylation sites (tertiary alicyclic amines) is 1. The molecule has 0 aliphatic carbocycles. The normalized spacial score (nSPS) is 14.7. The molecule has 23 heavy (non-hydrogen) atoms. The van der Waals surface area contributed by atoms with E-state index >= 15 is 0 Å². The third-order valence-electron chi connectivity index (χ3n) is 3.85. The molecule has 1 saturated heterocycles. The molecule has 0 bridgehead atoms. The van der Waals surface area contributed by atoms with E-state index in [2.05, 4.69) is 20.5 Å². The zero-order valence-electron chi connectivity index (χ0n) is 12.6. The van der Waals surface area contributed by atoms with Gasteiger partial charge < -0.3 is 10.2 Å². The molecule has 0 saturated carbocycles. The summed E-state index contributed by atoms with van der Waals surface area (Å²) in [5, 5.41) is 8.54. The van der Waals surface area contributed by atoms with Gasteiger partial charge in [0.2, 0.25) is 0 Å². The smallest absolute Gasteiger partial charge is 0.361 e. The Balaban J connectivity index is 1.67. The summed E-state index contributed by atoms with van der Waals surface area (Å²) in [6.07, 6.45) is 3.27. The van der Waals surface area contributed by atoms with Gasteiger partial charge in [-0.05, 0) is 37.5 Å². The Morgan fingerprint density at radius 1 is 1.26 bits per heavy atom. The van der Waals surface area contributed by atoms with E-state index in [1.54, 1.807) is 18.2 Å². The second-order valence-corrected chi connectivity index (χ2v) is 5.92. The minimum Gasteiger partial charge on any atom is -0.378 e. The van der Waals surface area contributed by atoms with Gasteiger partial charge in [0, 0.05) is 18.8 Å². The zero-order valence-corrected chi connectivity index (χ0v) is 13.3. The van der Waals surface area contributed by atoms with Crippen LogP contribution in [0.3, 0.4) is 0 Å². The van der Waals surface area contributed by atoms with Crippen LogP contribution in [0.4, 0.5) is 5.69 Å². The Bertz CT molecular complexity index is 748. The Morgan fingerprint density at radius 2 is 2.04 bits per heavy atom. The minimum absolute atomic E-state index is 0.0159. The van der Waals surface area contributed by atoms with E-state index < -0.39 is 5.69 Å². The molecule has 8 heteroatoms. The number of halogens is 1. The number of aromatic nitrogens is 3. The predicted molar refractivity (Wildman–Crippen MR) is 87.7 cm³/mol. The van der Waals surface area contributed by atoms with E-state index in [0.717, 1.165) is 31.6 Å². The van der Waals surface area contributed by atoms with Gasteiger partial charge in [-0.25, -0.2) is 9.89 Å². The predicted octanol–water partition coefficient (Wildman–Crippen LogP) is 1.99. The number of hydrogen-bond donors (Lipinski definition) is 3. The average Bonchev–Trinajstić information content (AvgIpc) is 2.99. The quantitative estimate of drug-likeness (QED) is 0.796. The second kappa shape index (κ2) is 6.87.